The Morgan fingerprint density at radius 3 is 2.26 bits per heavy atom. The predicted octanol–water partition coefficient (Wildman–Crippen LogP) is 5.73. The highest BCUT2D eigenvalue weighted by molar-refractivity contribution is 7.88. The molecule has 7 nitrogen and oxygen atoms in total. The molecule has 0 bridgehead atoms. The van der Waals surface area contributed by atoms with Gasteiger partial charge in [-0.3, -0.25) is 9.69 Å². The first-order valence-corrected chi connectivity index (χ1v) is 16.8. The van der Waals surface area contributed by atoms with Crippen LogP contribution in [0.1, 0.15) is 45.0 Å². The van der Waals surface area contributed by atoms with Crippen molar-refractivity contribution in [1.82, 2.24) is 14.5 Å². The van der Waals surface area contributed by atoms with Crippen LogP contribution in [0.25, 0.3) is 0 Å². The number of amides is 1. The number of para-hydroxylation sites is 1. The second-order valence-electron chi connectivity index (χ2n) is 11.3. The maximum absolute atomic E-state index is 13.4. The van der Waals surface area contributed by atoms with Crippen molar-refractivity contribution in [3.63, 3.8) is 0 Å². The molecule has 1 heterocycles. The summed E-state index contributed by atoms with van der Waals surface area (Å²) < 4.78 is 25.9. The molecule has 1 aliphatic heterocycles. The molecule has 1 atom stereocenters. The van der Waals surface area contributed by atoms with Crippen LogP contribution in [0.3, 0.4) is 0 Å². The molecule has 1 amide bonds. The number of anilines is 1. The summed E-state index contributed by atoms with van der Waals surface area (Å²) in [7, 11) is -1.41. The van der Waals surface area contributed by atoms with E-state index in [2.05, 4.69) is 26.7 Å². The molecule has 0 radical (unpaired) electrons. The van der Waals surface area contributed by atoms with Crippen molar-refractivity contribution in [3.8, 4) is 0 Å². The number of piperazine rings is 1. The van der Waals surface area contributed by atoms with Crippen LogP contribution in [0, 0.1) is 13.8 Å². The third kappa shape index (κ3) is 8.94. The average Bonchev–Trinajstić information content (AvgIpc) is 2.94. The fourth-order valence-corrected chi connectivity index (χ4v) is 6.31. The molecule has 1 aliphatic rings. The fourth-order valence-electron chi connectivity index (χ4n) is 5.59. The molecule has 42 heavy (non-hydrogen) atoms. The summed E-state index contributed by atoms with van der Waals surface area (Å²) in [5, 5.41) is 1.03. The van der Waals surface area contributed by atoms with Gasteiger partial charge < -0.3 is 9.80 Å². The Labute approximate surface area is 260 Å². The SMILES string of the molecule is Cc1cc(C)cc(C(=O)N(C)CC(CCN2CCN(c3ccccc3CNS(C)(=O)=O)CC2)c2ccc(Cl)c(Cl)c2)c1. The number of likely N-dealkylation sites (N-methyl/N-ethyl adjacent to an activating group) is 1. The maximum atomic E-state index is 13.4. The number of aryl methyl sites for hydroxylation is 2. The number of nitrogens with zero attached hydrogens (tertiary/aromatic N) is 3. The van der Waals surface area contributed by atoms with Crippen LogP contribution in [0.4, 0.5) is 5.69 Å². The highest BCUT2D eigenvalue weighted by Gasteiger charge is 2.23. The first-order valence-electron chi connectivity index (χ1n) is 14.2. The number of sulfonamides is 1. The van der Waals surface area contributed by atoms with Crippen molar-refractivity contribution in [3.05, 3.63) is 98.5 Å². The van der Waals surface area contributed by atoms with Gasteiger partial charge in [-0.15, -0.1) is 0 Å². The molecule has 1 N–H and O–H groups in total. The number of halogens is 2. The van der Waals surface area contributed by atoms with Crippen molar-refractivity contribution in [2.24, 2.45) is 0 Å². The van der Waals surface area contributed by atoms with Gasteiger partial charge in [0.2, 0.25) is 10.0 Å². The Hall–Kier alpha value is -2.62. The molecule has 3 aromatic rings. The van der Waals surface area contributed by atoms with Gasteiger partial charge in [-0.05, 0) is 68.3 Å². The monoisotopic (exact) mass is 630 g/mol. The van der Waals surface area contributed by atoms with E-state index in [0.717, 1.165) is 67.1 Å². The van der Waals surface area contributed by atoms with E-state index in [0.29, 0.717) is 22.2 Å². The molecule has 4 rings (SSSR count). The lowest BCUT2D eigenvalue weighted by atomic mass is 9.94. The van der Waals surface area contributed by atoms with E-state index in [1.807, 2.05) is 69.4 Å². The Kier molecular flexibility index (Phi) is 10.9. The number of benzene rings is 3. The van der Waals surface area contributed by atoms with E-state index in [-0.39, 0.29) is 18.4 Å². The van der Waals surface area contributed by atoms with E-state index in [1.54, 1.807) is 4.90 Å². The Balaban J connectivity index is 1.41. The van der Waals surface area contributed by atoms with Crippen molar-refractivity contribution in [2.75, 3.05) is 57.5 Å². The third-order valence-corrected chi connectivity index (χ3v) is 9.16. The highest BCUT2D eigenvalue weighted by Crippen LogP contribution is 2.30. The van der Waals surface area contributed by atoms with Gasteiger partial charge in [0.15, 0.2) is 0 Å². The number of rotatable bonds is 11. The zero-order valence-electron chi connectivity index (χ0n) is 24.7. The zero-order chi connectivity index (χ0) is 30.4. The lowest BCUT2D eigenvalue weighted by molar-refractivity contribution is 0.0782. The summed E-state index contributed by atoms with van der Waals surface area (Å²) >= 11 is 12.6. The predicted molar refractivity (Wildman–Crippen MR) is 173 cm³/mol. The van der Waals surface area contributed by atoms with Gasteiger partial charge in [0, 0.05) is 63.5 Å². The summed E-state index contributed by atoms with van der Waals surface area (Å²) in [5.41, 5.74) is 5.94. The number of hydrogen-bond donors (Lipinski definition) is 1. The van der Waals surface area contributed by atoms with Gasteiger partial charge in [-0.2, -0.15) is 0 Å². The maximum Gasteiger partial charge on any atom is 0.253 e. The van der Waals surface area contributed by atoms with Gasteiger partial charge in [0.25, 0.3) is 5.91 Å². The topological polar surface area (TPSA) is 73.0 Å². The second-order valence-corrected chi connectivity index (χ2v) is 13.9. The minimum absolute atomic E-state index is 0.00417. The van der Waals surface area contributed by atoms with E-state index < -0.39 is 10.0 Å². The summed E-state index contributed by atoms with van der Waals surface area (Å²) in [6, 6.07) is 19.6. The van der Waals surface area contributed by atoms with Crippen molar-refractivity contribution < 1.29 is 13.2 Å². The molecule has 226 valence electrons. The van der Waals surface area contributed by atoms with Crippen molar-refractivity contribution in [2.45, 2.75) is 32.7 Å². The van der Waals surface area contributed by atoms with Gasteiger partial charge in [-0.1, -0.05) is 64.7 Å². The number of carbonyl (C=O) groups is 1. The van der Waals surface area contributed by atoms with Crippen LogP contribution in [-0.4, -0.2) is 76.7 Å². The Bertz CT molecular complexity index is 1490. The summed E-state index contributed by atoms with van der Waals surface area (Å²) in [6.45, 7) is 9.19. The number of nitrogens with one attached hydrogen (secondary N) is 1. The normalized spacial score (nSPS) is 15.0. The molecule has 0 saturated carbocycles. The van der Waals surface area contributed by atoms with Gasteiger partial charge in [-0.25, -0.2) is 13.1 Å². The molecule has 1 saturated heterocycles. The van der Waals surface area contributed by atoms with Gasteiger partial charge in [0.05, 0.1) is 16.3 Å². The molecule has 1 fully saturated rings. The van der Waals surface area contributed by atoms with E-state index in [4.69, 9.17) is 23.2 Å². The second kappa shape index (κ2) is 14.2. The van der Waals surface area contributed by atoms with Crippen molar-refractivity contribution in [1.29, 1.82) is 0 Å². The average molecular weight is 632 g/mol. The third-order valence-electron chi connectivity index (χ3n) is 7.75. The van der Waals surface area contributed by atoms with Crippen LogP contribution >= 0.6 is 23.2 Å². The Morgan fingerprint density at radius 1 is 0.952 bits per heavy atom. The quantitative estimate of drug-likeness (QED) is 0.293. The molecule has 1 unspecified atom stereocenters. The zero-order valence-corrected chi connectivity index (χ0v) is 27.1. The van der Waals surface area contributed by atoms with Crippen LogP contribution in [0.5, 0.6) is 0 Å². The first-order chi connectivity index (χ1) is 19.9. The summed E-state index contributed by atoms with van der Waals surface area (Å²) in [6.07, 6.45) is 2.04. The molecular weight excluding hydrogens is 591 g/mol. The standard InChI is InChI=1S/C32H40Cl2N4O3S/c1-23-17-24(2)19-28(18-23)32(39)36(3)22-27(25-9-10-29(33)30(34)20-25)11-12-37-13-15-38(16-14-37)31-8-6-5-7-26(31)21-35-42(4,40)41/h5-10,17-20,27,35H,11-16,21-22H2,1-4H3. The molecule has 0 aliphatic carbocycles. The van der Waals surface area contributed by atoms with Gasteiger partial charge >= 0.3 is 0 Å². The largest absolute Gasteiger partial charge is 0.369 e. The molecule has 0 aromatic heterocycles. The summed E-state index contributed by atoms with van der Waals surface area (Å²) in [4.78, 5) is 19.9. The molecule has 3 aromatic carbocycles. The van der Waals surface area contributed by atoms with Crippen LogP contribution in [-0.2, 0) is 16.6 Å². The fraction of sp³-hybridized carbons (Fsp3) is 0.406. The first kappa shape index (κ1) is 32.3. The van der Waals surface area contributed by atoms with Gasteiger partial charge in [0.1, 0.15) is 0 Å². The van der Waals surface area contributed by atoms with E-state index in [1.165, 1.54) is 6.26 Å². The minimum Gasteiger partial charge on any atom is -0.369 e. The number of carbonyl (C=O) groups excluding carboxylic acids is 1. The minimum atomic E-state index is -3.27. The van der Waals surface area contributed by atoms with E-state index in [9.17, 15) is 13.2 Å². The smallest absolute Gasteiger partial charge is 0.253 e. The molecule has 10 heteroatoms. The highest BCUT2D eigenvalue weighted by atomic mass is 35.5. The lowest BCUT2D eigenvalue weighted by Crippen LogP contribution is -2.47. The van der Waals surface area contributed by atoms with Crippen LogP contribution < -0.4 is 9.62 Å². The number of hydrogen-bond acceptors (Lipinski definition) is 5. The molecular formula is C32H40Cl2N4O3S. The van der Waals surface area contributed by atoms with Crippen molar-refractivity contribution >= 4 is 44.8 Å². The van der Waals surface area contributed by atoms with Crippen LogP contribution in [0.2, 0.25) is 10.0 Å². The van der Waals surface area contributed by atoms with Crippen LogP contribution in [0.15, 0.2) is 60.7 Å². The molecule has 0 spiro atoms. The summed E-state index contributed by atoms with van der Waals surface area (Å²) in [5.74, 6) is 0.0879. The van der Waals surface area contributed by atoms with E-state index >= 15 is 0 Å². The Morgan fingerprint density at radius 2 is 1.62 bits per heavy atom. The lowest BCUT2D eigenvalue weighted by Gasteiger charge is -2.37.